The molecule has 0 radical (unpaired) electrons. The third-order valence-electron chi connectivity index (χ3n) is 17.7. The Morgan fingerprint density at radius 2 is 0.511 bits per heavy atom. The molecule has 6 atom stereocenters. The number of rotatable bonds is 72. The van der Waals surface area contributed by atoms with Crippen LogP contribution in [0.1, 0.15) is 376 Å². The maximum atomic E-state index is 13.1. The summed E-state index contributed by atoms with van der Waals surface area (Å²) in [5, 5.41) is 10.6. The number of carbonyl (C=O) groups excluding carboxylic acids is 4. The van der Waals surface area contributed by atoms with Crippen molar-refractivity contribution in [3.63, 3.8) is 0 Å². The Morgan fingerprint density at radius 3 is 0.755 bits per heavy atom. The van der Waals surface area contributed by atoms with E-state index in [1.165, 1.54) is 173 Å². The van der Waals surface area contributed by atoms with E-state index in [4.69, 9.17) is 37.0 Å². The Balaban J connectivity index is 5.22. The molecule has 0 rings (SSSR count). The van der Waals surface area contributed by atoms with Crippen molar-refractivity contribution >= 4 is 39.5 Å². The van der Waals surface area contributed by atoms with Crippen LogP contribution in [-0.4, -0.2) is 96.7 Å². The third kappa shape index (κ3) is 67.3. The number of phosphoric ester groups is 2. The summed E-state index contributed by atoms with van der Waals surface area (Å²) in [7, 11) is -9.91. The molecule has 17 nitrogen and oxygen atoms in total. The van der Waals surface area contributed by atoms with Gasteiger partial charge in [-0.3, -0.25) is 37.3 Å². The average Bonchev–Trinajstić information content (AvgIpc) is 2.20. The molecular formula is C75H146O17P2. The maximum absolute atomic E-state index is 13.1. The van der Waals surface area contributed by atoms with Crippen molar-refractivity contribution < 1.29 is 80.2 Å². The van der Waals surface area contributed by atoms with Crippen LogP contribution in [0.3, 0.4) is 0 Å². The molecule has 0 heterocycles. The lowest BCUT2D eigenvalue weighted by Gasteiger charge is -2.21. The van der Waals surface area contributed by atoms with Crippen LogP contribution in [0.25, 0.3) is 0 Å². The monoisotopic (exact) mass is 1380 g/mol. The second-order valence-electron chi connectivity index (χ2n) is 28.7. The molecule has 94 heavy (non-hydrogen) atoms. The van der Waals surface area contributed by atoms with Crippen molar-refractivity contribution in [1.29, 1.82) is 0 Å². The molecule has 3 N–H and O–H groups in total. The summed E-state index contributed by atoms with van der Waals surface area (Å²) in [5.74, 6) is 0.918. The van der Waals surface area contributed by atoms with Crippen LogP contribution in [0, 0.1) is 23.7 Å². The number of hydrogen-bond donors (Lipinski definition) is 3. The topological polar surface area (TPSA) is 237 Å². The summed E-state index contributed by atoms with van der Waals surface area (Å²) in [4.78, 5) is 72.7. The van der Waals surface area contributed by atoms with Crippen molar-refractivity contribution in [2.24, 2.45) is 23.7 Å². The predicted molar refractivity (Wildman–Crippen MR) is 381 cm³/mol. The first-order chi connectivity index (χ1) is 45.1. The molecule has 0 aromatic carbocycles. The van der Waals surface area contributed by atoms with E-state index in [-0.39, 0.29) is 25.7 Å². The summed E-state index contributed by atoms with van der Waals surface area (Å²) in [6.45, 7) is 14.2. The number of carbonyl (C=O) groups is 4. The van der Waals surface area contributed by atoms with Crippen LogP contribution < -0.4 is 0 Å². The van der Waals surface area contributed by atoms with Crippen LogP contribution in [0.4, 0.5) is 0 Å². The van der Waals surface area contributed by atoms with Gasteiger partial charge in [-0.15, -0.1) is 0 Å². The summed E-state index contributed by atoms with van der Waals surface area (Å²) in [6.07, 6.45) is 48.6. The minimum absolute atomic E-state index is 0.104. The van der Waals surface area contributed by atoms with Gasteiger partial charge in [0.2, 0.25) is 0 Å². The molecule has 0 spiro atoms. The van der Waals surface area contributed by atoms with Crippen molar-refractivity contribution in [1.82, 2.24) is 0 Å². The lowest BCUT2D eigenvalue weighted by molar-refractivity contribution is -0.161. The van der Waals surface area contributed by atoms with Crippen LogP contribution in [-0.2, 0) is 65.4 Å². The maximum Gasteiger partial charge on any atom is 0.472 e. The first-order valence-corrected chi connectivity index (χ1v) is 41.7. The lowest BCUT2D eigenvalue weighted by Crippen LogP contribution is -2.30. The Labute approximate surface area is 575 Å². The van der Waals surface area contributed by atoms with E-state index in [1.807, 2.05) is 0 Å². The van der Waals surface area contributed by atoms with Crippen molar-refractivity contribution in [3.05, 3.63) is 0 Å². The Hall–Kier alpha value is -1.94. The summed E-state index contributed by atoms with van der Waals surface area (Å²) >= 11 is 0. The van der Waals surface area contributed by atoms with Gasteiger partial charge in [-0.05, 0) is 49.4 Å². The van der Waals surface area contributed by atoms with Crippen molar-refractivity contribution in [2.75, 3.05) is 39.6 Å². The number of phosphoric acid groups is 2. The van der Waals surface area contributed by atoms with E-state index in [1.54, 1.807) is 0 Å². The SMILES string of the molecule is CCC(C)CCCCCCCCCCC(=O)O[C@H](COC(=O)CCCCCCCCCCCCC(C)C)COP(=O)(O)OCC(O)COP(=O)(O)OC[C@@H](COC(=O)CCCCCCCCCC(C)C)OC(=O)CCCCCCCCCCCCCCCCCCC(C)C. The Bertz CT molecular complexity index is 1850. The molecule has 0 amide bonds. The first kappa shape index (κ1) is 92.1. The van der Waals surface area contributed by atoms with Gasteiger partial charge in [0.05, 0.1) is 26.4 Å². The summed E-state index contributed by atoms with van der Waals surface area (Å²) in [6, 6.07) is 0. The standard InChI is InChI=1S/C75H146O17P2/c1-9-68(8)54-46-38-30-24-25-33-42-50-58-75(80)92-70(61-85-72(77)55-47-39-31-22-19-18-21-28-36-44-52-66(4)5)63-89-93(81,82)87-59-69(76)60-88-94(83,84)90-64-71(62-86-73(78)56-48-40-34-26-29-37-45-53-67(6)7)91-74(79)57-49-41-32-23-17-15-13-11-10-12-14-16-20-27-35-43-51-65(2)3/h65-71,76H,9-64H2,1-8H3,(H,81,82)(H,83,84)/t68?,69?,70-,71-/m1/s1. The second kappa shape index (κ2) is 64.4. The van der Waals surface area contributed by atoms with E-state index in [0.717, 1.165) is 114 Å². The number of hydrogen-bond acceptors (Lipinski definition) is 15. The highest BCUT2D eigenvalue weighted by Gasteiger charge is 2.30. The highest BCUT2D eigenvalue weighted by molar-refractivity contribution is 7.47. The quantitative estimate of drug-likeness (QED) is 0.0222. The molecule has 0 saturated heterocycles. The van der Waals surface area contributed by atoms with E-state index in [0.29, 0.717) is 31.6 Å². The van der Waals surface area contributed by atoms with Gasteiger partial charge in [0.1, 0.15) is 19.3 Å². The zero-order valence-corrected chi connectivity index (χ0v) is 63.4. The largest absolute Gasteiger partial charge is 0.472 e. The van der Waals surface area contributed by atoms with Crippen molar-refractivity contribution in [2.45, 2.75) is 395 Å². The van der Waals surface area contributed by atoms with E-state index in [2.05, 4.69) is 55.4 Å². The normalized spacial score (nSPS) is 14.4. The van der Waals surface area contributed by atoms with Gasteiger partial charge in [-0.25, -0.2) is 9.13 Å². The van der Waals surface area contributed by atoms with Gasteiger partial charge in [0.25, 0.3) is 0 Å². The molecule has 0 fully saturated rings. The molecule has 0 aliphatic heterocycles. The number of aliphatic hydroxyl groups is 1. The Kier molecular flexibility index (Phi) is 63.1. The van der Waals surface area contributed by atoms with E-state index >= 15 is 0 Å². The minimum atomic E-state index is -4.96. The molecule has 0 aliphatic rings. The van der Waals surface area contributed by atoms with Gasteiger partial charge in [-0.2, -0.15) is 0 Å². The molecule has 0 aliphatic carbocycles. The van der Waals surface area contributed by atoms with Crippen LogP contribution >= 0.6 is 15.6 Å². The van der Waals surface area contributed by atoms with Gasteiger partial charge in [0, 0.05) is 25.7 Å². The highest BCUT2D eigenvalue weighted by atomic mass is 31.2. The minimum Gasteiger partial charge on any atom is -0.462 e. The zero-order chi connectivity index (χ0) is 69.6. The molecule has 0 aromatic rings. The summed E-state index contributed by atoms with van der Waals surface area (Å²) in [5.41, 5.74) is 0. The van der Waals surface area contributed by atoms with Crippen molar-refractivity contribution in [3.8, 4) is 0 Å². The van der Waals surface area contributed by atoms with Gasteiger partial charge < -0.3 is 33.8 Å². The van der Waals surface area contributed by atoms with Gasteiger partial charge >= 0.3 is 39.5 Å². The van der Waals surface area contributed by atoms with Crippen LogP contribution in [0.15, 0.2) is 0 Å². The molecule has 19 heteroatoms. The second-order valence-corrected chi connectivity index (χ2v) is 31.6. The number of ether oxygens (including phenoxy) is 4. The van der Waals surface area contributed by atoms with E-state index < -0.39 is 97.5 Å². The molecule has 0 aromatic heterocycles. The molecule has 4 unspecified atom stereocenters. The zero-order valence-electron chi connectivity index (χ0n) is 61.6. The lowest BCUT2D eigenvalue weighted by atomic mass is 9.99. The fourth-order valence-corrected chi connectivity index (χ4v) is 12.9. The highest BCUT2D eigenvalue weighted by Crippen LogP contribution is 2.45. The number of unbranched alkanes of at least 4 members (excludes halogenated alkanes) is 37. The Morgan fingerprint density at radius 1 is 0.298 bits per heavy atom. The molecule has 558 valence electrons. The molecule has 0 bridgehead atoms. The van der Waals surface area contributed by atoms with Crippen LogP contribution in [0.5, 0.6) is 0 Å². The fraction of sp³-hybridized carbons (Fsp3) is 0.947. The average molecular weight is 1380 g/mol. The third-order valence-corrected chi connectivity index (χ3v) is 19.6. The van der Waals surface area contributed by atoms with Gasteiger partial charge in [0.15, 0.2) is 12.2 Å². The van der Waals surface area contributed by atoms with E-state index in [9.17, 15) is 43.2 Å². The smallest absolute Gasteiger partial charge is 0.462 e. The summed E-state index contributed by atoms with van der Waals surface area (Å²) < 4.78 is 68.5. The van der Waals surface area contributed by atoms with Gasteiger partial charge in [-0.1, -0.05) is 325 Å². The number of esters is 4. The number of aliphatic hydroxyl groups excluding tert-OH is 1. The first-order valence-electron chi connectivity index (χ1n) is 38.7. The fourth-order valence-electron chi connectivity index (χ4n) is 11.3. The molecule has 0 saturated carbocycles. The van der Waals surface area contributed by atoms with Crippen LogP contribution in [0.2, 0.25) is 0 Å². The molecular weight excluding hydrogens is 1230 g/mol. The predicted octanol–water partition coefficient (Wildman–Crippen LogP) is 21.7.